The van der Waals surface area contributed by atoms with E-state index >= 15 is 0 Å². The molecule has 0 aliphatic heterocycles. The van der Waals surface area contributed by atoms with Crippen LogP contribution in [0.5, 0.6) is 0 Å². The largest absolute Gasteiger partial charge is 0.455 e. The van der Waals surface area contributed by atoms with E-state index in [1.165, 1.54) is 36.9 Å². The lowest BCUT2D eigenvalue weighted by molar-refractivity contribution is -0.384. The number of amides is 1. The van der Waals surface area contributed by atoms with Crippen LogP contribution in [0.2, 0.25) is 0 Å². The van der Waals surface area contributed by atoms with Crippen LogP contribution in [0.4, 0.5) is 5.69 Å². The van der Waals surface area contributed by atoms with E-state index in [1.807, 2.05) is 0 Å². The third kappa shape index (κ3) is 3.91. The third-order valence-electron chi connectivity index (χ3n) is 3.12. The van der Waals surface area contributed by atoms with Crippen LogP contribution < -0.4 is 5.43 Å². The highest BCUT2D eigenvalue weighted by molar-refractivity contribution is 5.92. The molecular formula is C16H11N5O4. The van der Waals surface area contributed by atoms with Crippen LogP contribution in [-0.4, -0.2) is 27.0 Å². The van der Waals surface area contributed by atoms with Crippen LogP contribution in [0.15, 0.2) is 64.5 Å². The smallest absolute Gasteiger partial charge is 0.291 e. The van der Waals surface area contributed by atoms with Crippen molar-refractivity contribution in [2.24, 2.45) is 5.10 Å². The number of non-ortho nitro benzene ring substituents is 1. The van der Waals surface area contributed by atoms with Crippen molar-refractivity contribution in [1.82, 2.24) is 15.4 Å². The molecule has 0 atom stereocenters. The van der Waals surface area contributed by atoms with E-state index in [4.69, 9.17) is 4.42 Å². The quantitative estimate of drug-likeness (QED) is 0.433. The molecule has 3 aromatic rings. The molecule has 0 bridgehead atoms. The Labute approximate surface area is 141 Å². The normalized spacial score (nSPS) is 10.7. The molecule has 0 spiro atoms. The van der Waals surface area contributed by atoms with Crippen molar-refractivity contribution in [2.75, 3.05) is 0 Å². The summed E-state index contributed by atoms with van der Waals surface area (Å²) in [6.07, 6.45) is 5.49. The Balaban J connectivity index is 1.68. The zero-order chi connectivity index (χ0) is 17.6. The van der Waals surface area contributed by atoms with Gasteiger partial charge in [0.15, 0.2) is 0 Å². The van der Waals surface area contributed by atoms with Crippen LogP contribution >= 0.6 is 0 Å². The number of nitrogens with zero attached hydrogens (tertiary/aromatic N) is 4. The molecule has 1 aromatic carbocycles. The summed E-state index contributed by atoms with van der Waals surface area (Å²) in [6.45, 7) is 0. The van der Waals surface area contributed by atoms with Crippen molar-refractivity contribution in [3.8, 4) is 11.3 Å². The molecule has 0 aliphatic rings. The summed E-state index contributed by atoms with van der Waals surface area (Å²) >= 11 is 0. The second-order valence-corrected chi connectivity index (χ2v) is 4.80. The maximum Gasteiger partial charge on any atom is 0.291 e. The summed E-state index contributed by atoms with van der Waals surface area (Å²) in [6, 6.07) is 9.37. The van der Waals surface area contributed by atoms with Gasteiger partial charge in [0.2, 0.25) is 0 Å². The predicted molar refractivity (Wildman–Crippen MR) is 87.9 cm³/mol. The first kappa shape index (κ1) is 16.0. The molecule has 0 saturated heterocycles. The van der Waals surface area contributed by atoms with Gasteiger partial charge in [-0.3, -0.25) is 19.9 Å². The zero-order valence-electron chi connectivity index (χ0n) is 12.7. The van der Waals surface area contributed by atoms with Crippen molar-refractivity contribution in [2.45, 2.75) is 0 Å². The molecule has 0 unspecified atom stereocenters. The third-order valence-corrected chi connectivity index (χ3v) is 3.12. The van der Waals surface area contributed by atoms with Crippen molar-refractivity contribution in [3.63, 3.8) is 0 Å². The van der Waals surface area contributed by atoms with Gasteiger partial charge in [0.05, 0.1) is 17.3 Å². The fourth-order valence-electron chi connectivity index (χ4n) is 1.98. The molecule has 0 radical (unpaired) electrons. The van der Waals surface area contributed by atoms with Crippen molar-refractivity contribution >= 4 is 17.8 Å². The van der Waals surface area contributed by atoms with Gasteiger partial charge >= 0.3 is 0 Å². The fourth-order valence-corrected chi connectivity index (χ4v) is 1.98. The zero-order valence-corrected chi connectivity index (χ0v) is 12.7. The minimum atomic E-state index is -0.505. The van der Waals surface area contributed by atoms with E-state index in [-0.39, 0.29) is 11.4 Å². The average molecular weight is 337 g/mol. The summed E-state index contributed by atoms with van der Waals surface area (Å²) in [5.74, 6) is 0.321. The minimum Gasteiger partial charge on any atom is -0.455 e. The van der Waals surface area contributed by atoms with Crippen LogP contribution in [0.25, 0.3) is 11.3 Å². The number of hydrogen-bond donors (Lipinski definition) is 1. The second kappa shape index (κ2) is 7.13. The number of nitrogens with one attached hydrogen (secondary N) is 1. The summed E-state index contributed by atoms with van der Waals surface area (Å²) in [4.78, 5) is 29.7. The maximum absolute atomic E-state index is 11.7. The van der Waals surface area contributed by atoms with E-state index < -0.39 is 10.8 Å². The topological polar surface area (TPSA) is 124 Å². The van der Waals surface area contributed by atoms with Gasteiger partial charge in [-0.1, -0.05) is 12.1 Å². The minimum absolute atomic E-state index is 0.0275. The highest BCUT2D eigenvalue weighted by atomic mass is 16.6. The van der Waals surface area contributed by atoms with Gasteiger partial charge in [0.1, 0.15) is 17.2 Å². The van der Waals surface area contributed by atoms with Gasteiger partial charge in [0.25, 0.3) is 11.6 Å². The highest BCUT2D eigenvalue weighted by Crippen LogP contribution is 2.25. The van der Waals surface area contributed by atoms with Crippen LogP contribution in [0, 0.1) is 10.1 Å². The molecule has 2 aromatic heterocycles. The molecular weight excluding hydrogens is 326 g/mol. The Morgan fingerprint density at radius 1 is 1.28 bits per heavy atom. The lowest BCUT2D eigenvalue weighted by atomic mass is 10.1. The molecule has 1 amide bonds. The Morgan fingerprint density at radius 3 is 2.92 bits per heavy atom. The fraction of sp³-hybridized carbons (Fsp3) is 0. The first-order valence-electron chi connectivity index (χ1n) is 7.07. The standard InChI is InChI=1S/C16H11N5O4/c22-16(14-10-17-6-7-18-14)20-19-9-13-4-5-15(25-13)11-2-1-3-12(8-11)21(23)24/h1-10H,(H,20,22). The van der Waals surface area contributed by atoms with Gasteiger partial charge in [-0.15, -0.1) is 0 Å². The lowest BCUT2D eigenvalue weighted by Gasteiger charge is -1.97. The number of nitro benzene ring substituents is 1. The first-order valence-corrected chi connectivity index (χ1v) is 7.07. The average Bonchev–Trinajstić information content (AvgIpc) is 3.11. The van der Waals surface area contributed by atoms with Crippen LogP contribution in [0.1, 0.15) is 16.2 Å². The number of aromatic nitrogens is 2. The maximum atomic E-state index is 11.7. The second-order valence-electron chi connectivity index (χ2n) is 4.80. The van der Waals surface area contributed by atoms with E-state index in [1.54, 1.807) is 24.3 Å². The monoisotopic (exact) mass is 337 g/mol. The number of rotatable bonds is 5. The predicted octanol–water partition coefficient (Wildman–Crippen LogP) is 2.41. The number of benzene rings is 1. The number of carbonyl (C=O) groups excluding carboxylic acids is 1. The highest BCUT2D eigenvalue weighted by Gasteiger charge is 2.10. The van der Waals surface area contributed by atoms with E-state index in [2.05, 4.69) is 20.5 Å². The van der Waals surface area contributed by atoms with Gasteiger partial charge in [0, 0.05) is 30.1 Å². The van der Waals surface area contributed by atoms with Gasteiger partial charge in [-0.2, -0.15) is 5.10 Å². The van der Waals surface area contributed by atoms with E-state index in [0.29, 0.717) is 17.1 Å². The number of carbonyl (C=O) groups is 1. The van der Waals surface area contributed by atoms with Crippen LogP contribution in [-0.2, 0) is 0 Å². The summed E-state index contributed by atoms with van der Waals surface area (Å²) in [5, 5.41) is 14.6. The Morgan fingerprint density at radius 2 is 2.16 bits per heavy atom. The van der Waals surface area contributed by atoms with Crippen molar-refractivity contribution in [1.29, 1.82) is 0 Å². The number of hydrazone groups is 1. The Kier molecular flexibility index (Phi) is 4.56. The Bertz CT molecular complexity index is 936. The van der Waals surface area contributed by atoms with Crippen molar-refractivity contribution in [3.05, 3.63) is 76.6 Å². The number of nitro groups is 1. The summed E-state index contributed by atoms with van der Waals surface area (Å²) < 4.78 is 5.54. The van der Waals surface area contributed by atoms with E-state index in [9.17, 15) is 14.9 Å². The van der Waals surface area contributed by atoms with Gasteiger partial charge < -0.3 is 4.42 Å². The molecule has 9 heteroatoms. The molecule has 0 saturated carbocycles. The molecule has 2 heterocycles. The summed E-state index contributed by atoms with van der Waals surface area (Å²) in [5.41, 5.74) is 2.97. The molecule has 0 fully saturated rings. The molecule has 3 rings (SSSR count). The molecule has 0 aliphatic carbocycles. The molecule has 9 nitrogen and oxygen atoms in total. The number of furan rings is 1. The van der Waals surface area contributed by atoms with E-state index in [0.717, 1.165) is 0 Å². The first-order chi connectivity index (χ1) is 12.1. The summed E-state index contributed by atoms with van der Waals surface area (Å²) in [7, 11) is 0. The molecule has 124 valence electrons. The number of hydrogen-bond acceptors (Lipinski definition) is 7. The SMILES string of the molecule is O=C(NN=Cc1ccc(-c2cccc([N+](=O)[O-])c2)o1)c1cnccn1. The Hall–Kier alpha value is -3.88. The lowest BCUT2D eigenvalue weighted by Crippen LogP contribution is -2.18. The molecule has 25 heavy (non-hydrogen) atoms. The van der Waals surface area contributed by atoms with Crippen molar-refractivity contribution < 1.29 is 14.1 Å². The van der Waals surface area contributed by atoms with Gasteiger partial charge in [-0.05, 0) is 12.1 Å². The van der Waals surface area contributed by atoms with Crippen LogP contribution in [0.3, 0.4) is 0 Å². The van der Waals surface area contributed by atoms with Gasteiger partial charge in [-0.25, -0.2) is 10.4 Å². The molecule has 1 N–H and O–H groups in total.